The lowest BCUT2D eigenvalue weighted by atomic mass is 10.1. The Kier molecular flexibility index (Phi) is 5.69. The molecule has 0 heterocycles. The summed E-state index contributed by atoms with van der Waals surface area (Å²) in [6, 6.07) is 0. The Hall–Kier alpha value is -0.570. The lowest BCUT2D eigenvalue weighted by molar-refractivity contribution is -0.134. The zero-order valence-corrected chi connectivity index (χ0v) is 9.74. The number of aliphatic hydroxyl groups is 1. The van der Waals surface area contributed by atoms with Crippen LogP contribution in [0.4, 0.5) is 0 Å². The summed E-state index contributed by atoms with van der Waals surface area (Å²) in [7, 11) is 1.90. The first-order valence-corrected chi connectivity index (χ1v) is 6.11. The van der Waals surface area contributed by atoms with E-state index in [0.29, 0.717) is 11.8 Å². The Morgan fingerprint density at radius 3 is 2.53 bits per heavy atom. The van der Waals surface area contributed by atoms with Crippen molar-refractivity contribution in [1.82, 2.24) is 4.90 Å². The van der Waals surface area contributed by atoms with Crippen molar-refractivity contribution >= 4 is 5.91 Å². The minimum Gasteiger partial charge on any atom is -0.396 e. The maximum Gasteiger partial charge on any atom is 0.225 e. The molecule has 0 aromatic rings. The molecule has 0 bridgehead atoms. The number of hydrogen-bond acceptors (Lipinski definition) is 2. The summed E-state index contributed by atoms with van der Waals surface area (Å²) in [6.45, 7) is 1.11. The first kappa shape index (κ1) is 12.5. The van der Waals surface area contributed by atoms with Gasteiger partial charge in [-0.25, -0.2) is 0 Å². The molecule has 1 saturated carbocycles. The van der Waals surface area contributed by atoms with Gasteiger partial charge >= 0.3 is 0 Å². The van der Waals surface area contributed by atoms with Crippen LogP contribution >= 0.6 is 0 Å². The highest BCUT2D eigenvalue weighted by atomic mass is 16.2. The van der Waals surface area contributed by atoms with E-state index in [9.17, 15) is 4.79 Å². The topological polar surface area (TPSA) is 40.5 Å². The van der Waals surface area contributed by atoms with Crippen LogP contribution in [0.5, 0.6) is 0 Å². The minimum absolute atomic E-state index is 0.264. The van der Waals surface area contributed by atoms with E-state index in [-0.39, 0.29) is 6.61 Å². The predicted molar refractivity (Wildman–Crippen MR) is 60.5 cm³/mol. The van der Waals surface area contributed by atoms with Gasteiger partial charge in [0.25, 0.3) is 0 Å². The number of nitrogens with zero attached hydrogens (tertiary/aromatic N) is 1. The van der Waals surface area contributed by atoms with E-state index >= 15 is 0 Å². The molecule has 0 unspecified atom stereocenters. The summed E-state index contributed by atoms with van der Waals surface area (Å²) in [4.78, 5) is 13.8. The standard InChI is InChI=1S/C12H23NO2/c1-13(9-5-2-6-10-14)12(15)11-7-3-4-8-11/h11,14H,2-10H2,1H3. The van der Waals surface area contributed by atoms with Crippen molar-refractivity contribution in [2.45, 2.75) is 44.9 Å². The number of aliphatic hydroxyl groups excluding tert-OH is 1. The van der Waals surface area contributed by atoms with Crippen LogP contribution in [-0.4, -0.2) is 36.1 Å². The van der Waals surface area contributed by atoms with Gasteiger partial charge in [0.15, 0.2) is 0 Å². The molecule has 3 heteroatoms. The Balaban J connectivity index is 2.14. The number of amides is 1. The van der Waals surface area contributed by atoms with E-state index in [1.807, 2.05) is 11.9 Å². The van der Waals surface area contributed by atoms with E-state index in [1.54, 1.807) is 0 Å². The van der Waals surface area contributed by atoms with Crippen LogP contribution < -0.4 is 0 Å². The molecule has 88 valence electrons. The Bertz CT molecular complexity index is 188. The molecule has 0 atom stereocenters. The number of carbonyl (C=O) groups excluding carboxylic acids is 1. The van der Waals surface area contributed by atoms with Gasteiger partial charge in [-0.05, 0) is 32.1 Å². The molecule has 1 rings (SSSR count). The van der Waals surface area contributed by atoms with E-state index in [1.165, 1.54) is 12.8 Å². The second-order valence-corrected chi connectivity index (χ2v) is 4.53. The van der Waals surface area contributed by atoms with Crippen molar-refractivity contribution in [3.05, 3.63) is 0 Å². The van der Waals surface area contributed by atoms with E-state index < -0.39 is 0 Å². The summed E-state index contributed by atoms with van der Waals surface area (Å²) < 4.78 is 0. The fraction of sp³-hybridized carbons (Fsp3) is 0.917. The average Bonchev–Trinajstić information content (AvgIpc) is 2.76. The quantitative estimate of drug-likeness (QED) is 0.683. The van der Waals surface area contributed by atoms with Gasteiger partial charge in [0.2, 0.25) is 5.91 Å². The van der Waals surface area contributed by atoms with Crippen molar-refractivity contribution in [2.75, 3.05) is 20.2 Å². The predicted octanol–water partition coefficient (Wildman–Crippen LogP) is 1.80. The van der Waals surface area contributed by atoms with Crippen LogP contribution in [0.15, 0.2) is 0 Å². The largest absolute Gasteiger partial charge is 0.396 e. The lowest BCUT2D eigenvalue weighted by Crippen LogP contribution is -2.32. The van der Waals surface area contributed by atoms with Crippen molar-refractivity contribution in [2.24, 2.45) is 5.92 Å². The molecule has 0 spiro atoms. The van der Waals surface area contributed by atoms with E-state index in [4.69, 9.17) is 5.11 Å². The highest BCUT2D eigenvalue weighted by molar-refractivity contribution is 5.78. The third-order valence-electron chi connectivity index (χ3n) is 3.23. The van der Waals surface area contributed by atoms with Crippen LogP contribution in [0.25, 0.3) is 0 Å². The molecule has 0 saturated heterocycles. The molecule has 3 nitrogen and oxygen atoms in total. The number of hydrogen-bond donors (Lipinski definition) is 1. The zero-order chi connectivity index (χ0) is 11.1. The molecule has 0 aromatic carbocycles. The third-order valence-corrected chi connectivity index (χ3v) is 3.23. The summed E-state index contributed by atoms with van der Waals surface area (Å²) in [5.74, 6) is 0.629. The highest BCUT2D eigenvalue weighted by Gasteiger charge is 2.24. The summed E-state index contributed by atoms with van der Waals surface area (Å²) in [6.07, 6.45) is 7.48. The van der Waals surface area contributed by atoms with Gasteiger partial charge in [-0.3, -0.25) is 4.79 Å². The number of rotatable bonds is 6. The number of carbonyl (C=O) groups is 1. The second kappa shape index (κ2) is 6.83. The third kappa shape index (κ3) is 4.20. The first-order valence-electron chi connectivity index (χ1n) is 6.11. The van der Waals surface area contributed by atoms with Gasteiger partial charge in [0, 0.05) is 26.1 Å². The summed E-state index contributed by atoms with van der Waals surface area (Å²) in [5, 5.41) is 8.63. The van der Waals surface area contributed by atoms with Crippen molar-refractivity contribution in [1.29, 1.82) is 0 Å². The number of unbranched alkanes of at least 4 members (excludes halogenated alkanes) is 2. The van der Waals surface area contributed by atoms with Gasteiger partial charge in [0.05, 0.1) is 0 Å². The maximum atomic E-state index is 11.9. The maximum absolute atomic E-state index is 11.9. The van der Waals surface area contributed by atoms with Crippen LogP contribution in [0, 0.1) is 5.92 Å². The van der Waals surface area contributed by atoms with Gasteiger partial charge in [-0.1, -0.05) is 12.8 Å². The van der Waals surface area contributed by atoms with Gasteiger partial charge in [-0.2, -0.15) is 0 Å². The Morgan fingerprint density at radius 1 is 1.27 bits per heavy atom. The zero-order valence-electron chi connectivity index (χ0n) is 9.74. The molecule has 0 radical (unpaired) electrons. The summed E-state index contributed by atoms with van der Waals surface area (Å²) in [5.41, 5.74) is 0. The van der Waals surface area contributed by atoms with Gasteiger partial charge in [-0.15, -0.1) is 0 Å². The fourth-order valence-corrected chi connectivity index (χ4v) is 2.23. The van der Waals surface area contributed by atoms with E-state index in [0.717, 1.165) is 38.6 Å². The molecule has 1 aliphatic rings. The monoisotopic (exact) mass is 213 g/mol. The van der Waals surface area contributed by atoms with Crippen LogP contribution in [0.1, 0.15) is 44.9 Å². The van der Waals surface area contributed by atoms with Crippen LogP contribution in [0.3, 0.4) is 0 Å². The highest BCUT2D eigenvalue weighted by Crippen LogP contribution is 2.26. The molecule has 1 amide bonds. The fourth-order valence-electron chi connectivity index (χ4n) is 2.23. The summed E-state index contributed by atoms with van der Waals surface area (Å²) >= 11 is 0. The average molecular weight is 213 g/mol. The first-order chi connectivity index (χ1) is 7.25. The van der Waals surface area contributed by atoms with E-state index in [2.05, 4.69) is 0 Å². The Labute approximate surface area is 92.5 Å². The lowest BCUT2D eigenvalue weighted by Gasteiger charge is -2.20. The molecule has 1 fully saturated rings. The molecular formula is C12H23NO2. The van der Waals surface area contributed by atoms with Crippen LogP contribution in [0.2, 0.25) is 0 Å². The smallest absolute Gasteiger partial charge is 0.225 e. The second-order valence-electron chi connectivity index (χ2n) is 4.53. The molecule has 0 aromatic heterocycles. The minimum atomic E-state index is 0.264. The molecule has 0 aliphatic heterocycles. The van der Waals surface area contributed by atoms with Gasteiger partial charge < -0.3 is 10.0 Å². The van der Waals surface area contributed by atoms with Crippen molar-refractivity contribution < 1.29 is 9.90 Å². The Morgan fingerprint density at radius 2 is 1.93 bits per heavy atom. The molecule has 15 heavy (non-hydrogen) atoms. The van der Waals surface area contributed by atoms with Gasteiger partial charge in [0.1, 0.15) is 0 Å². The molecule has 1 aliphatic carbocycles. The molecule has 1 N–H and O–H groups in total. The van der Waals surface area contributed by atoms with Crippen molar-refractivity contribution in [3.8, 4) is 0 Å². The molecular weight excluding hydrogens is 190 g/mol. The van der Waals surface area contributed by atoms with Crippen molar-refractivity contribution in [3.63, 3.8) is 0 Å². The SMILES string of the molecule is CN(CCCCCO)C(=O)C1CCCC1. The normalized spacial score (nSPS) is 16.9. The van der Waals surface area contributed by atoms with Crippen LogP contribution in [-0.2, 0) is 4.79 Å².